The summed E-state index contributed by atoms with van der Waals surface area (Å²) in [5.74, 6) is 0.410. The molecule has 1 aromatic rings. The van der Waals surface area contributed by atoms with Crippen LogP contribution in [-0.4, -0.2) is 54.0 Å². The first kappa shape index (κ1) is 13.7. The van der Waals surface area contributed by atoms with Crippen molar-refractivity contribution in [3.8, 4) is 0 Å². The maximum atomic E-state index is 11.9. The van der Waals surface area contributed by atoms with Crippen LogP contribution in [0.15, 0.2) is 12.4 Å². The van der Waals surface area contributed by atoms with Crippen LogP contribution in [0.25, 0.3) is 0 Å². The van der Waals surface area contributed by atoms with Crippen LogP contribution in [0.3, 0.4) is 0 Å². The highest BCUT2D eigenvalue weighted by molar-refractivity contribution is 5.93. The Hall–Kier alpha value is -1.69. The fraction of sp³-hybridized carbons (Fsp3) is 0.615. The zero-order valence-electron chi connectivity index (χ0n) is 11.5. The van der Waals surface area contributed by atoms with Gasteiger partial charge in [-0.2, -0.15) is 0 Å². The number of hydrogen-bond donors (Lipinski definition) is 2. The lowest BCUT2D eigenvalue weighted by molar-refractivity contribution is 0.0949. The molecule has 2 N–H and O–H groups in total. The summed E-state index contributed by atoms with van der Waals surface area (Å²) in [5, 5.41) is 5.74. The van der Waals surface area contributed by atoms with E-state index < -0.39 is 0 Å². The second-order valence-electron chi connectivity index (χ2n) is 4.87. The Morgan fingerprint density at radius 2 is 2.21 bits per heavy atom. The molecule has 0 aromatic carbocycles. The van der Waals surface area contributed by atoms with E-state index in [0.717, 1.165) is 13.0 Å². The number of amides is 1. The summed E-state index contributed by atoms with van der Waals surface area (Å²) in [5.41, 5.74) is 0.499. The van der Waals surface area contributed by atoms with Crippen LogP contribution >= 0.6 is 0 Å². The third kappa shape index (κ3) is 3.64. The van der Waals surface area contributed by atoms with Crippen molar-refractivity contribution < 1.29 is 4.79 Å². The summed E-state index contributed by atoms with van der Waals surface area (Å²) < 4.78 is 0. The van der Waals surface area contributed by atoms with E-state index >= 15 is 0 Å². The monoisotopic (exact) mass is 263 g/mol. The van der Waals surface area contributed by atoms with Crippen LogP contribution < -0.4 is 10.6 Å². The molecular weight excluding hydrogens is 242 g/mol. The Morgan fingerprint density at radius 1 is 1.47 bits per heavy atom. The number of rotatable bonds is 5. The van der Waals surface area contributed by atoms with Gasteiger partial charge in [-0.3, -0.25) is 4.79 Å². The van der Waals surface area contributed by atoms with Crippen LogP contribution in [0.2, 0.25) is 0 Å². The van der Waals surface area contributed by atoms with Gasteiger partial charge >= 0.3 is 0 Å². The normalized spacial score (nSPS) is 19.4. The Morgan fingerprint density at radius 3 is 2.79 bits per heavy atom. The van der Waals surface area contributed by atoms with Crippen molar-refractivity contribution in [3.05, 3.63) is 18.0 Å². The van der Waals surface area contributed by atoms with Gasteiger partial charge in [-0.15, -0.1) is 0 Å². The second kappa shape index (κ2) is 6.47. The predicted octanol–water partition coefficient (Wildman–Crippen LogP) is 0.732. The van der Waals surface area contributed by atoms with Crippen LogP contribution in [-0.2, 0) is 0 Å². The van der Waals surface area contributed by atoms with Crippen molar-refractivity contribution in [2.75, 3.05) is 32.5 Å². The van der Waals surface area contributed by atoms with Crippen molar-refractivity contribution in [2.24, 2.45) is 0 Å². The standard InChI is InChI=1S/C13H21N5O/c1-14-13-16-8-10(9-17-13)12(19)15-6-5-11-4-3-7-18(11)2/h8-9,11H,3-7H2,1-2H3,(H,15,19)(H,14,16,17). The molecule has 6 heteroatoms. The van der Waals surface area contributed by atoms with Crippen molar-refractivity contribution in [3.63, 3.8) is 0 Å². The summed E-state index contributed by atoms with van der Waals surface area (Å²) in [6.07, 6.45) is 6.56. The number of hydrogen-bond acceptors (Lipinski definition) is 5. The van der Waals surface area contributed by atoms with E-state index in [1.807, 2.05) is 0 Å². The number of carbonyl (C=O) groups excluding carboxylic acids is 1. The average Bonchev–Trinajstić information content (AvgIpc) is 2.84. The number of likely N-dealkylation sites (tertiary alicyclic amines) is 1. The Balaban J connectivity index is 1.77. The Labute approximate surface area is 113 Å². The van der Waals surface area contributed by atoms with Gasteiger partial charge in [0.2, 0.25) is 5.95 Å². The highest BCUT2D eigenvalue weighted by Crippen LogP contribution is 2.16. The molecular formula is C13H21N5O. The van der Waals surface area contributed by atoms with E-state index in [-0.39, 0.29) is 5.91 Å². The van der Waals surface area contributed by atoms with E-state index in [1.165, 1.54) is 25.2 Å². The second-order valence-corrected chi connectivity index (χ2v) is 4.87. The molecule has 19 heavy (non-hydrogen) atoms. The molecule has 0 bridgehead atoms. The van der Waals surface area contributed by atoms with E-state index in [0.29, 0.717) is 24.1 Å². The van der Waals surface area contributed by atoms with E-state index in [4.69, 9.17) is 0 Å². The predicted molar refractivity (Wildman–Crippen MR) is 74.2 cm³/mol. The van der Waals surface area contributed by atoms with Crippen molar-refractivity contribution in [2.45, 2.75) is 25.3 Å². The number of nitrogens with zero attached hydrogens (tertiary/aromatic N) is 3. The maximum absolute atomic E-state index is 11.9. The molecule has 1 amide bonds. The minimum Gasteiger partial charge on any atom is -0.357 e. The van der Waals surface area contributed by atoms with Crippen molar-refractivity contribution in [1.29, 1.82) is 0 Å². The fourth-order valence-electron chi connectivity index (χ4n) is 2.37. The molecule has 1 aliphatic heterocycles. The first-order chi connectivity index (χ1) is 9.20. The van der Waals surface area contributed by atoms with Crippen LogP contribution in [0.5, 0.6) is 0 Å². The van der Waals surface area contributed by atoms with E-state index in [2.05, 4.69) is 32.5 Å². The van der Waals surface area contributed by atoms with Crippen LogP contribution in [0.1, 0.15) is 29.6 Å². The molecule has 1 aromatic heterocycles. The summed E-state index contributed by atoms with van der Waals surface area (Å²) in [4.78, 5) is 22.3. The lowest BCUT2D eigenvalue weighted by atomic mass is 10.1. The van der Waals surface area contributed by atoms with Gasteiger partial charge in [0.15, 0.2) is 0 Å². The molecule has 2 rings (SSSR count). The van der Waals surface area contributed by atoms with E-state index in [9.17, 15) is 4.79 Å². The molecule has 0 saturated carbocycles. The molecule has 104 valence electrons. The third-order valence-corrected chi connectivity index (χ3v) is 3.57. The number of anilines is 1. The molecule has 0 spiro atoms. The lowest BCUT2D eigenvalue weighted by Gasteiger charge is -2.19. The van der Waals surface area contributed by atoms with Gasteiger partial charge in [0.25, 0.3) is 5.91 Å². The highest BCUT2D eigenvalue weighted by atomic mass is 16.1. The molecule has 1 unspecified atom stereocenters. The van der Waals surface area contributed by atoms with Gasteiger partial charge in [-0.1, -0.05) is 0 Å². The van der Waals surface area contributed by atoms with E-state index in [1.54, 1.807) is 7.05 Å². The number of aromatic nitrogens is 2. The minimum atomic E-state index is -0.108. The van der Waals surface area contributed by atoms with Crippen LogP contribution in [0.4, 0.5) is 5.95 Å². The molecule has 2 heterocycles. The SMILES string of the molecule is CNc1ncc(C(=O)NCCC2CCCN2C)cn1. The minimum absolute atomic E-state index is 0.108. The molecule has 1 aliphatic rings. The molecule has 1 saturated heterocycles. The zero-order valence-corrected chi connectivity index (χ0v) is 11.5. The van der Waals surface area contributed by atoms with Crippen LogP contribution in [0, 0.1) is 0 Å². The van der Waals surface area contributed by atoms with Crippen molar-refractivity contribution in [1.82, 2.24) is 20.2 Å². The molecule has 0 radical (unpaired) electrons. The summed E-state index contributed by atoms with van der Waals surface area (Å²) in [6, 6.07) is 0.600. The summed E-state index contributed by atoms with van der Waals surface area (Å²) in [7, 11) is 3.89. The topological polar surface area (TPSA) is 70.2 Å². The number of carbonyl (C=O) groups is 1. The highest BCUT2D eigenvalue weighted by Gasteiger charge is 2.20. The first-order valence-electron chi connectivity index (χ1n) is 6.69. The third-order valence-electron chi connectivity index (χ3n) is 3.57. The molecule has 6 nitrogen and oxygen atoms in total. The Bertz CT molecular complexity index is 420. The largest absolute Gasteiger partial charge is 0.357 e. The summed E-state index contributed by atoms with van der Waals surface area (Å²) in [6.45, 7) is 1.86. The molecule has 0 aliphatic carbocycles. The maximum Gasteiger partial charge on any atom is 0.254 e. The quantitative estimate of drug-likeness (QED) is 0.819. The van der Waals surface area contributed by atoms with Gasteiger partial charge in [-0.25, -0.2) is 9.97 Å². The Kier molecular flexibility index (Phi) is 4.68. The fourth-order valence-corrected chi connectivity index (χ4v) is 2.37. The van der Waals surface area contributed by atoms with Crippen molar-refractivity contribution >= 4 is 11.9 Å². The zero-order chi connectivity index (χ0) is 13.7. The summed E-state index contributed by atoms with van der Waals surface area (Å²) >= 11 is 0. The van der Waals surface area contributed by atoms with Gasteiger partial charge in [0, 0.05) is 32.0 Å². The van der Waals surface area contributed by atoms with Gasteiger partial charge in [0.1, 0.15) is 0 Å². The van der Waals surface area contributed by atoms with Gasteiger partial charge in [-0.05, 0) is 32.9 Å². The first-order valence-corrected chi connectivity index (χ1v) is 6.69. The molecule has 1 atom stereocenters. The number of nitrogens with one attached hydrogen (secondary N) is 2. The smallest absolute Gasteiger partial charge is 0.254 e. The van der Waals surface area contributed by atoms with Gasteiger partial charge in [0.05, 0.1) is 5.56 Å². The average molecular weight is 263 g/mol. The molecule has 1 fully saturated rings. The van der Waals surface area contributed by atoms with Gasteiger partial charge < -0.3 is 15.5 Å². The lowest BCUT2D eigenvalue weighted by Crippen LogP contribution is -2.31.